The SMILES string of the molecule is O=C(/C=C/c1ccc(OCc2ccccn2)cc1)N1CCN(Cc2ccc3c(c2)OCCO3)CC1. The highest BCUT2D eigenvalue weighted by molar-refractivity contribution is 5.91. The van der Waals surface area contributed by atoms with Gasteiger partial charge in [0.15, 0.2) is 11.5 Å². The molecule has 3 heterocycles. The number of amides is 1. The average Bonchev–Trinajstić information content (AvgIpc) is 2.92. The van der Waals surface area contributed by atoms with E-state index >= 15 is 0 Å². The van der Waals surface area contributed by atoms with Crippen LogP contribution in [0.2, 0.25) is 0 Å². The predicted octanol–water partition coefficient (Wildman–Crippen LogP) is 3.79. The minimum Gasteiger partial charge on any atom is -0.487 e. The van der Waals surface area contributed by atoms with E-state index in [-0.39, 0.29) is 5.91 Å². The smallest absolute Gasteiger partial charge is 0.246 e. The van der Waals surface area contributed by atoms with Crippen molar-refractivity contribution in [3.8, 4) is 17.2 Å². The maximum Gasteiger partial charge on any atom is 0.246 e. The van der Waals surface area contributed by atoms with Crippen molar-refractivity contribution in [2.45, 2.75) is 13.2 Å². The van der Waals surface area contributed by atoms with E-state index in [1.54, 1.807) is 12.3 Å². The first-order valence-electron chi connectivity index (χ1n) is 11.9. The highest BCUT2D eigenvalue weighted by Crippen LogP contribution is 2.31. The molecule has 2 aliphatic rings. The molecule has 1 aromatic heterocycles. The van der Waals surface area contributed by atoms with E-state index in [1.807, 2.05) is 59.5 Å². The van der Waals surface area contributed by atoms with Gasteiger partial charge in [0.2, 0.25) is 5.91 Å². The number of aromatic nitrogens is 1. The monoisotopic (exact) mass is 471 g/mol. The summed E-state index contributed by atoms with van der Waals surface area (Å²) in [5.41, 5.74) is 3.04. The van der Waals surface area contributed by atoms with Crippen molar-refractivity contribution in [2.24, 2.45) is 0 Å². The summed E-state index contributed by atoms with van der Waals surface area (Å²) >= 11 is 0. The van der Waals surface area contributed by atoms with Gasteiger partial charge in [-0.3, -0.25) is 14.7 Å². The maximum absolute atomic E-state index is 12.7. The number of rotatable bonds is 7. The number of fused-ring (bicyclic) bond motifs is 1. The lowest BCUT2D eigenvalue weighted by Crippen LogP contribution is -2.47. The third kappa shape index (κ3) is 6.19. The molecule has 0 bridgehead atoms. The number of benzene rings is 2. The number of ether oxygens (including phenoxy) is 3. The van der Waals surface area contributed by atoms with E-state index in [4.69, 9.17) is 14.2 Å². The van der Waals surface area contributed by atoms with E-state index in [1.165, 1.54) is 5.56 Å². The number of nitrogens with zero attached hydrogens (tertiary/aromatic N) is 3. The molecular weight excluding hydrogens is 442 g/mol. The van der Waals surface area contributed by atoms with E-state index < -0.39 is 0 Å². The van der Waals surface area contributed by atoms with Crippen LogP contribution in [0.3, 0.4) is 0 Å². The second kappa shape index (κ2) is 11.1. The van der Waals surface area contributed by atoms with Gasteiger partial charge in [0.1, 0.15) is 25.6 Å². The summed E-state index contributed by atoms with van der Waals surface area (Å²) in [6.45, 7) is 5.57. The number of piperazine rings is 1. The highest BCUT2D eigenvalue weighted by Gasteiger charge is 2.20. The van der Waals surface area contributed by atoms with E-state index in [2.05, 4.69) is 22.0 Å². The number of carbonyl (C=O) groups excluding carboxylic acids is 1. The van der Waals surface area contributed by atoms with Crippen molar-refractivity contribution >= 4 is 12.0 Å². The minimum absolute atomic E-state index is 0.0412. The molecule has 180 valence electrons. The summed E-state index contributed by atoms with van der Waals surface area (Å²) < 4.78 is 17.1. The quantitative estimate of drug-likeness (QED) is 0.489. The Hall–Kier alpha value is -3.84. The van der Waals surface area contributed by atoms with Gasteiger partial charge in [0.05, 0.1) is 5.69 Å². The molecule has 2 aliphatic heterocycles. The first-order valence-corrected chi connectivity index (χ1v) is 11.9. The Kier molecular flexibility index (Phi) is 7.24. The molecule has 3 aromatic rings. The molecule has 7 heteroatoms. The minimum atomic E-state index is 0.0412. The molecule has 0 unspecified atom stereocenters. The zero-order chi connectivity index (χ0) is 23.9. The Morgan fingerprint density at radius 1 is 0.943 bits per heavy atom. The number of hydrogen-bond acceptors (Lipinski definition) is 6. The molecule has 5 rings (SSSR count). The molecule has 0 spiro atoms. The first kappa shape index (κ1) is 22.9. The fourth-order valence-electron chi connectivity index (χ4n) is 4.16. The average molecular weight is 472 g/mol. The van der Waals surface area contributed by atoms with Crippen LogP contribution in [0.1, 0.15) is 16.8 Å². The Morgan fingerprint density at radius 2 is 1.74 bits per heavy atom. The standard InChI is InChI=1S/C28H29N3O4/c32-28(11-7-22-4-8-25(9-5-22)35-21-24-3-1-2-12-29-24)31-15-13-30(14-16-31)20-23-6-10-26-27(19-23)34-18-17-33-26/h1-12,19H,13-18,20-21H2/b11-7+. The molecule has 35 heavy (non-hydrogen) atoms. The second-order valence-electron chi connectivity index (χ2n) is 8.59. The molecule has 0 atom stereocenters. The molecule has 1 amide bonds. The summed E-state index contributed by atoms with van der Waals surface area (Å²) in [5, 5.41) is 0. The lowest BCUT2D eigenvalue weighted by Gasteiger charge is -2.34. The van der Waals surface area contributed by atoms with Crippen LogP contribution in [0.15, 0.2) is 72.9 Å². The van der Waals surface area contributed by atoms with Gasteiger partial charge in [-0.2, -0.15) is 0 Å². The first-order chi connectivity index (χ1) is 17.2. The third-order valence-electron chi connectivity index (χ3n) is 6.11. The fourth-order valence-corrected chi connectivity index (χ4v) is 4.16. The Bertz CT molecular complexity index is 1160. The normalized spacial score (nSPS) is 15.8. The van der Waals surface area contributed by atoms with Crippen molar-refractivity contribution in [2.75, 3.05) is 39.4 Å². The van der Waals surface area contributed by atoms with Gasteiger partial charge < -0.3 is 19.1 Å². The van der Waals surface area contributed by atoms with Crippen LogP contribution in [0.4, 0.5) is 0 Å². The lowest BCUT2D eigenvalue weighted by atomic mass is 10.1. The maximum atomic E-state index is 12.7. The van der Waals surface area contributed by atoms with E-state index in [0.717, 1.165) is 48.1 Å². The lowest BCUT2D eigenvalue weighted by molar-refractivity contribution is -0.127. The molecule has 2 aromatic carbocycles. The van der Waals surface area contributed by atoms with Crippen molar-refractivity contribution < 1.29 is 19.0 Å². The summed E-state index contributed by atoms with van der Waals surface area (Å²) in [6.07, 6.45) is 5.26. The second-order valence-corrected chi connectivity index (χ2v) is 8.59. The van der Waals surface area contributed by atoms with Crippen LogP contribution in [-0.2, 0) is 17.9 Å². The number of hydrogen-bond donors (Lipinski definition) is 0. The Balaban J connectivity index is 1.07. The van der Waals surface area contributed by atoms with Gasteiger partial charge in [-0.15, -0.1) is 0 Å². The summed E-state index contributed by atoms with van der Waals surface area (Å²) in [6, 6.07) is 19.6. The molecule has 0 radical (unpaired) electrons. The number of carbonyl (C=O) groups is 1. The van der Waals surface area contributed by atoms with Crippen molar-refractivity contribution in [1.82, 2.24) is 14.8 Å². The van der Waals surface area contributed by atoms with Crippen LogP contribution in [0.5, 0.6) is 17.2 Å². The molecule has 1 fully saturated rings. The molecule has 7 nitrogen and oxygen atoms in total. The highest BCUT2D eigenvalue weighted by atomic mass is 16.6. The van der Waals surface area contributed by atoms with Gasteiger partial charge in [-0.05, 0) is 53.6 Å². The van der Waals surface area contributed by atoms with E-state index in [9.17, 15) is 4.79 Å². The predicted molar refractivity (Wildman–Crippen MR) is 133 cm³/mol. The zero-order valence-electron chi connectivity index (χ0n) is 19.6. The number of pyridine rings is 1. The topological polar surface area (TPSA) is 64.1 Å². The molecule has 0 N–H and O–H groups in total. The van der Waals surface area contributed by atoms with Crippen LogP contribution in [0.25, 0.3) is 6.08 Å². The van der Waals surface area contributed by atoms with Gasteiger partial charge in [-0.25, -0.2) is 0 Å². The Morgan fingerprint density at radius 3 is 2.51 bits per heavy atom. The largest absolute Gasteiger partial charge is 0.487 e. The molecule has 0 aliphatic carbocycles. The zero-order valence-corrected chi connectivity index (χ0v) is 19.6. The summed E-state index contributed by atoms with van der Waals surface area (Å²) in [4.78, 5) is 21.2. The van der Waals surface area contributed by atoms with E-state index in [0.29, 0.717) is 32.9 Å². The third-order valence-corrected chi connectivity index (χ3v) is 6.11. The summed E-state index contributed by atoms with van der Waals surface area (Å²) in [5.74, 6) is 2.45. The van der Waals surface area contributed by atoms with Crippen molar-refractivity contribution in [3.05, 3.63) is 89.8 Å². The molecule has 1 saturated heterocycles. The Labute approximate surface area is 205 Å². The van der Waals surface area contributed by atoms with Crippen LogP contribution < -0.4 is 14.2 Å². The van der Waals surface area contributed by atoms with Crippen LogP contribution >= 0.6 is 0 Å². The van der Waals surface area contributed by atoms with Gasteiger partial charge in [0.25, 0.3) is 0 Å². The van der Waals surface area contributed by atoms with Crippen LogP contribution in [0, 0.1) is 0 Å². The van der Waals surface area contributed by atoms with Gasteiger partial charge in [-0.1, -0.05) is 24.3 Å². The van der Waals surface area contributed by atoms with Gasteiger partial charge in [0, 0.05) is 45.0 Å². The summed E-state index contributed by atoms with van der Waals surface area (Å²) in [7, 11) is 0. The van der Waals surface area contributed by atoms with Crippen molar-refractivity contribution in [3.63, 3.8) is 0 Å². The fraction of sp³-hybridized carbons (Fsp3) is 0.286. The van der Waals surface area contributed by atoms with Crippen LogP contribution in [-0.4, -0.2) is 60.1 Å². The molecular formula is C28H29N3O4. The van der Waals surface area contributed by atoms with Gasteiger partial charge >= 0.3 is 0 Å². The molecule has 0 saturated carbocycles. The van der Waals surface area contributed by atoms with Crippen molar-refractivity contribution in [1.29, 1.82) is 0 Å².